The lowest BCUT2D eigenvalue weighted by Crippen LogP contribution is -2.65. The van der Waals surface area contributed by atoms with Gasteiger partial charge in [0.2, 0.25) is 5.91 Å². The molecule has 9 N–H and O–H groups in total. The number of aliphatic hydroxyl groups excluding tert-OH is 8. The standard InChI is InChI=1S/C56H107NO13/c1-3-5-7-9-11-13-15-17-18-19-20-21-22-23-24-25-26-28-30-32-34-36-38-40-48(61)57-44(45(60)39-37-35-33-31-29-27-16-14-12-10-8-6-4-2)43-67-55-53(66)54(50(63)47(42-59)68-55)70-56-52(65)51(64)49(62)46(41-58)69-56/h37,39,44-47,49-56,58-60,62-66H,3-36,38,40-43H2,1-2H3,(H,57,61)/b39-37+/t44?,45?,46-,47-,49+,50+,51+,52-,53-,54+,55+,56+/m1/s1. The molecule has 0 radical (unpaired) electrons. The Labute approximate surface area is 425 Å². The number of amides is 1. The summed E-state index contributed by atoms with van der Waals surface area (Å²) in [5.74, 6) is -0.243. The number of carbonyl (C=O) groups excluding carboxylic acids is 1. The molecule has 1 amide bonds. The van der Waals surface area contributed by atoms with Crippen LogP contribution < -0.4 is 5.32 Å². The normalized spacial score (nSPS) is 26.0. The van der Waals surface area contributed by atoms with E-state index in [0.717, 1.165) is 38.5 Å². The second-order valence-corrected chi connectivity index (χ2v) is 20.8. The molecule has 2 heterocycles. The first-order chi connectivity index (χ1) is 34.1. The lowest BCUT2D eigenvalue weighted by Gasteiger charge is -2.46. The molecule has 0 bridgehead atoms. The molecule has 2 fully saturated rings. The summed E-state index contributed by atoms with van der Waals surface area (Å²) in [6.45, 7) is 2.79. The van der Waals surface area contributed by atoms with Gasteiger partial charge in [-0.15, -0.1) is 0 Å². The van der Waals surface area contributed by atoms with Gasteiger partial charge in [-0.3, -0.25) is 4.79 Å². The molecule has 0 aromatic carbocycles. The van der Waals surface area contributed by atoms with Crippen LogP contribution in [-0.4, -0.2) is 140 Å². The van der Waals surface area contributed by atoms with Crippen LogP contribution in [0.2, 0.25) is 0 Å². The molecule has 414 valence electrons. The van der Waals surface area contributed by atoms with E-state index in [9.17, 15) is 45.6 Å². The van der Waals surface area contributed by atoms with E-state index in [0.29, 0.717) is 6.42 Å². The molecule has 0 spiro atoms. The zero-order chi connectivity index (χ0) is 51.0. The van der Waals surface area contributed by atoms with Crippen LogP contribution in [0.15, 0.2) is 12.2 Å². The van der Waals surface area contributed by atoms with Crippen LogP contribution in [0.4, 0.5) is 0 Å². The number of ether oxygens (including phenoxy) is 4. The Morgan fingerprint density at radius 2 is 0.886 bits per heavy atom. The molecule has 2 unspecified atom stereocenters. The third-order valence-electron chi connectivity index (χ3n) is 14.5. The Bertz CT molecular complexity index is 1230. The second kappa shape index (κ2) is 43.0. The highest BCUT2D eigenvalue weighted by molar-refractivity contribution is 5.76. The van der Waals surface area contributed by atoms with E-state index in [1.807, 2.05) is 6.08 Å². The maximum atomic E-state index is 13.3. The van der Waals surface area contributed by atoms with Crippen molar-refractivity contribution in [2.24, 2.45) is 0 Å². The highest BCUT2D eigenvalue weighted by Gasteiger charge is 2.51. The number of unbranched alkanes of at least 4 members (excludes halogenated alkanes) is 33. The Kier molecular flexibility index (Phi) is 39.9. The van der Waals surface area contributed by atoms with Crippen molar-refractivity contribution in [2.45, 2.75) is 319 Å². The van der Waals surface area contributed by atoms with Gasteiger partial charge in [0.15, 0.2) is 12.6 Å². The van der Waals surface area contributed by atoms with Gasteiger partial charge < -0.3 is 65.1 Å². The van der Waals surface area contributed by atoms with E-state index < -0.39 is 86.8 Å². The Morgan fingerprint density at radius 1 is 0.500 bits per heavy atom. The summed E-state index contributed by atoms with van der Waals surface area (Å²) < 4.78 is 22.8. The van der Waals surface area contributed by atoms with Crippen molar-refractivity contribution in [3.8, 4) is 0 Å². The second-order valence-electron chi connectivity index (χ2n) is 20.8. The summed E-state index contributed by atoms with van der Waals surface area (Å²) in [6, 6.07) is -0.925. The van der Waals surface area contributed by atoms with Gasteiger partial charge in [-0.25, -0.2) is 0 Å². The molecule has 14 heteroatoms. The highest BCUT2D eigenvalue weighted by atomic mass is 16.7. The van der Waals surface area contributed by atoms with Crippen LogP contribution in [0.3, 0.4) is 0 Å². The monoisotopic (exact) mass is 1000 g/mol. The van der Waals surface area contributed by atoms with Gasteiger partial charge >= 0.3 is 0 Å². The third kappa shape index (κ3) is 29.0. The smallest absolute Gasteiger partial charge is 0.220 e. The number of rotatable bonds is 46. The molecule has 0 aromatic heterocycles. The van der Waals surface area contributed by atoms with Gasteiger partial charge in [-0.2, -0.15) is 0 Å². The SMILES string of the molecule is CCCCCCCCCCCCC/C=C/C(O)C(CO[C@H]1O[C@H](CO)[C@H](O)[C@H](O[C@@H]2O[C@H](CO)[C@H](O)[C@H](O)[C@H]2O)[C@H]1O)NC(=O)CCCCCCCCCCCCCCCCCCCCCCCCC. The zero-order valence-corrected chi connectivity index (χ0v) is 44.3. The van der Waals surface area contributed by atoms with Crippen LogP contribution in [0.1, 0.15) is 245 Å². The van der Waals surface area contributed by atoms with Crippen molar-refractivity contribution in [1.29, 1.82) is 0 Å². The van der Waals surface area contributed by atoms with Crippen LogP contribution in [-0.2, 0) is 23.7 Å². The lowest BCUT2D eigenvalue weighted by atomic mass is 9.97. The first-order valence-electron chi connectivity index (χ1n) is 28.9. The summed E-state index contributed by atoms with van der Waals surface area (Å²) in [5, 5.41) is 87.1. The quantitative estimate of drug-likeness (QED) is 0.0205. The maximum Gasteiger partial charge on any atom is 0.220 e. The molecular weight excluding hydrogens is 895 g/mol. The summed E-state index contributed by atoms with van der Waals surface area (Å²) in [5.41, 5.74) is 0. The Morgan fingerprint density at radius 3 is 1.31 bits per heavy atom. The fraction of sp³-hybridized carbons (Fsp3) is 0.946. The number of nitrogens with one attached hydrogen (secondary N) is 1. The number of hydrogen-bond donors (Lipinski definition) is 9. The average molecular weight is 1000 g/mol. The fourth-order valence-electron chi connectivity index (χ4n) is 9.76. The first-order valence-corrected chi connectivity index (χ1v) is 28.9. The van der Waals surface area contributed by atoms with Crippen LogP contribution in [0.25, 0.3) is 0 Å². The van der Waals surface area contributed by atoms with Gasteiger partial charge in [0.25, 0.3) is 0 Å². The van der Waals surface area contributed by atoms with Crippen LogP contribution >= 0.6 is 0 Å². The van der Waals surface area contributed by atoms with Gasteiger partial charge in [-0.05, 0) is 19.3 Å². The minimum atomic E-state index is -1.81. The molecule has 0 saturated carbocycles. The molecule has 2 aliphatic rings. The van der Waals surface area contributed by atoms with E-state index >= 15 is 0 Å². The molecule has 14 nitrogen and oxygen atoms in total. The molecule has 2 rings (SSSR count). The third-order valence-corrected chi connectivity index (χ3v) is 14.5. The van der Waals surface area contributed by atoms with Crippen molar-refractivity contribution in [3.63, 3.8) is 0 Å². The van der Waals surface area contributed by atoms with Gasteiger partial charge in [0.1, 0.15) is 48.8 Å². The summed E-state index contributed by atoms with van der Waals surface area (Å²) in [6.07, 6.45) is 30.9. The minimum Gasteiger partial charge on any atom is -0.394 e. The van der Waals surface area contributed by atoms with Crippen molar-refractivity contribution in [2.75, 3.05) is 19.8 Å². The van der Waals surface area contributed by atoms with E-state index in [-0.39, 0.29) is 18.9 Å². The predicted molar refractivity (Wildman–Crippen MR) is 277 cm³/mol. The molecule has 0 aliphatic carbocycles. The maximum absolute atomic E-state index is 13.3. The molecule has 70 heavy (non-hydrogen) atoms. The van der Waals surface area contributed by atoms with Crippen molar-refractivity contribution >= 4 is 5.91 Å². The average Bonchev–Trinajstić information content (AvgIpc) is 3.36. The van der Waals surface area contributed by atoms with E-state index in [4.69, 9.17) is 18.9 Å². The minimum absolute atomic E-state index is 0.243. The van der Waals surface area contributed by atoms with E-state index in [1.54, 1.807) is 6.08 Å². The Balaban J connectivity index is 1.77. The summed E-state index contributed by atoms with van der Waals surface area (Å²) in [7, 11) is 0. The highest BCUT2D eigenvalue weighted by Crippen LogP contribution is 2.30. The zero-order valence-electron chi connectivity index (χ0n) is 44.3. The molecule has 12 atom stereocenters. The van der Waals surface area contributed by atoms with Gasteiger partial charge in [0.05, 0.1) is 32.0 Å². The van der Waals surface area contributed by atoms with Crippen LogP contribution in [0.5, 0.6) is 0 Å². The van der Waals surface area contributed by atoms with Gasteiger partial charge in [-0.1, -0.05) is 231 Å². The lowest BCUT2D eigenvalue weighted by molar-refractivity contribution is -0.360. The topological polar surface area (TPSA) is 228 Å². The van der Waals surface area contributed by atoms with Crippen molar-refractivity contribution in [3.05, 3.63) is 12.2 Å². The van der Waals surface area contributed by atoms with E-state index in [1.165, 1.54) is 180 Å². The largest absolute Gasteiger partial charge is 0.394 e. The van der Waals surface area contributed by atoms with E-state index in [2.05, 4.69) is 19.2 Å². The predicted octanol–water partition coefficient (Wildman–Crippen LogP) is 9.11. The molecule has 2 aliphatic heterocycles. The summed E-state index contributed by atoms with van der Waals surface area (Å²) in [4.78, 5) is 13.3. The Hall–Kier alpha value is -1.27. The molecule has 2 saturated heterocycles. The number of carbonyl (C=O) groups is 1. The van der Waals surface area contributed by atoms with Crippen molar-refractivity contribution in [1.82, 2.24) is 5.32 Å². The molecular formula is C56H107NO13. The van der Waals surface area contributed by atoms with Crippen molar-refractivity contribution < 1.29 is 64.6 Å². The fourth-order valence-corrected chi connectivity index (χ4v) is 9.76. The van der Waals surface area contributed by atoms with Crippen LogP contribution in [0, 0.1) is 0 Å². The number of hydrogen-bond acceptors (Lipinski definition) is 13. The first kappa shape index (κ1) is 64.8. The summed E-state index contributed by atoms with van der Waals surface area (Å²) >= 11 is 0. The number of aliphatic hydroxyl groups is 8. The van der Waals surface area contributed by atoms with Gasteiger partial charge in [0, 0.05) is 6.42 Å². The molecule has 0 aromatic rings. The number of allylic oxidation sites excluding steroid dienone is 1.